The summed E-state index contributed by atoms with van der Waals surface area (Å²) in [6.07, 6.45) is 0.890. The molecule has 5 heteroatoms. The van der Waals surface area contributed by atoms with Gasteiger partial charge >= 0.3 is 0 Å². The minimum Gasteiger partial charge on any atom is -0.478 e. The van der Waals surface area contributed by atoms with Gasteiger partial charge in [-0.2, -0.15) is 0 Å². The Morgan fingerprint density at radius 3 is 2.75 bits per heavy atom. The molecule has 0 bridgehead atoms. The first kappa shape index (κ1) is 16.4. The molecule has 112 valence electrons. The van der Waals surface area contributed by atoms with Gasteiger partial charge in [-0.05, 0) is 37.8 Å². The van der Waals surface area contributed by atoms with E-state index in [4.69, 9.17) is 9.84 Å². The molecule has 1 amide bonds. The zero-order valence-corrected chi connectivity index (χ0v) is 11.9. The Hall–Kier alpha value is -1.62. The van der Waals surface area contributed by atoms with Gasteiger partial charge in [0.25, 0.3) is 5.91 Å². The highest BCUT2D eigenvalue weighted by Crippen LogP contribution is 2.16. The molecule has 0 saturated carbocycles. The topological polar surface area (TPSA) is 58.6 Å². The van der Waals surface area contributed by atoms with Crippen molar-refractivity contribution in [1.82, 2.24) is 5.32 Å². The Morgan fingerprint density at radius 1 is 1.40 bits per heavy atom. The molecule has 0 aliphatic heterocycles. The van der Waals surface area contributed by atoms with Gasteiger partial charge in [0, 0.05) is 13.2 Å². The zero-order chi connectivity index (χ0) is 15.0. The summed E-state index contributed by atoms with van der Waals surface area (Å²) in [5.41, 5.74) is 0. The van der Waals surface area contributed by atoms with Gasteiger partial charge in [0.2, 0.25) is 0 Å². The first-order chi connectivity index (χ1) is 9.54. The minimum atomic E-state index is -0.748. The summed E-state index contributed by atoms with van der Waals surface area (Å²) in [7, 11) is 0. The lowest BCUT2D eigenvalue weighted by molar-refractivity contribution is -0.127. The first-order valence-corrected chi connectivity index (χ1v) is 6.84. The average molecular weight is 283 g/mol. The van der Waals surface area contributed by atoms with E-state index in [1.54, 1.807) is 19.1 Å². The Morgan fingerprint density at radius 2 is 2.10 bits per heavy atom. The van der Waals surface area contributed by atoms with Gasteiger partial charge in [0.05, 0.1) is 0 Å². The van der Waals surface area contributed by atoms with Crippen LogP contribution in [0.1, 0.15) is 26.7 Å². The van der Waals surface area contributed by atoms with E-state index in [1.807, 2.05) is 6.92 Å². The summed E-state index contributed by atoms with van der Waals surface area (Å²) in [6.45, 7) is 4.21. The summed E-state index contributed by atoms with van der Waals surface area (Å²) in [4.78, 5) is 11.8. The number of ether oxygens (including phenoxy) is 1. The maximum Gasteiger partial charge on any atom is 0.260 e. The van der Waals surface area contributed by atoms with Gasteiger partial charge < -0.3 is 15.2 Å². The third kappa shape index (κ3) is 5.57. The van der Waals surface area contributed by atoms with Crippen LogP contribution in [0.15, 0.2) is 24.3 Å². The van der Waals surface area contributed by atoms with E-state index in [1.165, 1.54) is 12.1 Å². The quantitative estimate of drug-likeness (QED) is 0.718. The molecule has 0 aliphatic carbocycles. The van der Waals surface area contributed by atoms with Crippen LogP contribution in [0.25, 0.3) is 0 Å². The molecule has 1 aromatic rings. The molecule has 2 unspecified atom stereocenters. The second kappa shape index (κ2) is 8.53. The average Bonchev–Trinajstić information content (AvgIpc) is 2.45. The first-order valence-electron chi connectivity index (χ1n) is 6.84. The number of aliphatic hydroxyl groups is 1. The van der Waals surface area contributed by atoms with Crippen LogP contribution in [0, 0.1) is 11.7 Å². The van der Waals surface area contributed by atoms with E-state index in [2.05, 4.69) is 5.32 Å². The van der Waals surface area contributed by atoms with Crippen molar-refractivity contribution in [3.8, 4) is 5.75 Å². The number of amides is 1. The molecule has 0 aliphatic rings. The van der Waals surface area contributed by atoms with E-state index in [0.29, 0.717) is 6.54 Å². The van der Waals surface area contributed by atoms with Gasteiger partial charge in [-0.25, -0.2) is 4.39 Å². The summed E-state index contributed by atoms with van der Waals surface area (Å²) in [6, 6.07) is 5.99. The smallest absolute Gasteiger partial charge is 0.260 e. The van der Waals surface area contributed by atoms with Gasteiger partial charge in [0.1, 0.15) is 0 Å². The van der Waals surface area contributed by atoms with Crippen LogP contribution in [0.2, 0.25) is 0 Å². The number of hydrogen-bond acceptors (Lipinski definition) is 3. The van der Waals surface area contributed by atoms with Crippen LogP contribution < -0.4 is 10.1 Å². The second-order valence-corrected chi connectivity index (χ2v) is 4.91. The lowest BCUT2D eigenvalue weighted by atomic mass is 10.1. The fourth-order valence-corrected chi connectivity index (χ4v) is 1.68. The Bertz CT molecular complexity index is 425. The highest BCUT2D eigenvalue weighted by Gasteiger charge is 2.15. The molecule has 0 aromatic heterocycles. The number of para-hydroxylation sites is 1. The largest absolute Gasteiger partial charge is 0.478 e. The van der Waals surface area contributed by atoms with Crippen molar-refractivity contribution in [2.24, 2.45) is 5.92 Å². The molecule has 2 atom stereocenters. The zero-order valence-electron chi connectivity index (χ0n) is 11.9. The van der Waals surface area contributed by atoms with Crippen molar-refractivity contribution >= 4 is 5.91 Å². The molecule has 20 heavy (non-hydrogen) atoms. The molecule has 0 fully saturated rings. The number of carbonyl (C=O) groups is 1. The van der Waals surface area contributed by atoms with E-state index < -0.39 is 11.9 Å². The molecule has 1 aromatic carbocycles. The van der Waals surface area contributed by atoms with Crippen molar-refractivity contribution in [3.63, 3.8) is 0 Å². The monoisotopic (exact) mass is 283 g/mol. The molecule has 0 heterocycles. The van der Waals surface area contributed by atoms with Crippen molar-refractivity contribution in [2.45, 2.75) is 32.8 Å². The predicted octanol–water partition coefficient (Wildman–Crippen LogP) is 2.12. The Kier molecular flexibility index (Phi) is 7.01. The van der Waals surface area contributed by atoms with Gasteiger partial charge in [0.15, 0.2) is 17.7 Å². The molecule has 0 saturated heterocycles. The van der Waals surface area contributed by atoms with Crippen molar-refractivity contribution in [1.29, 1.82) is 0 Å². The molecule has 0 radical (unpaired) electrons. The summed E-state index contributed by atoms with van der Waals surface area (Å²) in [5, 5.41) is 11.6. The molecule has 0 spiro atoms. The molecule has 2 N–H and O–H groups in total. The fourth-order valence-electron chi connectivity index (χ4n) is 1.68. The molecular weight excluding hydrogens is 261 g/mol. The lowest BCUT2D eigenvalue weighted by Gasteiger charge is -2.15. The second-order valence-electron chi connectivity index (χ2n) is 4.91. The van der Waals surface area contributed by atoms with Crippen LogP contribution in [-0.2, 0) is 4.79 Å². The van der Waals surface area contributed by atoms with Gasteiger partial charge in [-0.3, -0.25) is 4.79 Å². The number of benzene rings is 1. The third-order valence-electron chi connectivity index (χ3n) is 2.99. The Balaban J connectivity index is 2.31. The lowest BCUT2D eigenvalue weighted by Crippen LogP contribution is -2.37. The predicted molar refractivity (Wildman–Crippen MR) is 75.0 cm³/mol. The number of nitrogens with one attached hydrogen (secondary N) is 1. The van der Waals surface area contributed by atoms with Gasteiger partial charge in [-0.1, -0.05) is 19.1 Å². The standard InChI is InChI=1S/C15H22FNO3/c1-11(10-18)6-5-9-17-15(19)12(2)20-14-8-4-3-7-13(14)16/h3-4,7-8,11-12,18H,5-6,9-10H2,1-2H3,(H,17,19). The van der Waals surface area contributed by atoms with Crippen LogP contribution in [0.3, 0.4) is 0 Å². The maximum absolute atomic E-state index is 13.4. The summed E-state index contributed by atoms with van der Waals surface area (Å²) >= 11 is 0. The highest BCUT2D eigenvalue weighted by molar-refractivity contribution is 5.80. The van der Waals surface area contributed by atoms with Crippen LogP contribution in [-0.4, -0.2) is 30.3 Å². The van der Waals surface area contributed by atoms with E-state index in [-0.39, 0.29) is 24.2 Å². The van der Waals surface area contributed by atoms with Gasteiger partial charge in [-0.15, -0.1) is 0 Å². The number of halogens is 1. The number of hydrogen-bond donors (Lipinski definition) is 2. The normalized spacial score (nSPS) is 13.6. The number of rotatable bonds is 8. The Labute approximate surface area is 119 Å². The van der Waals surface area contributed by atoms with Crippen molar-refractivity contribution in [3.05, 3.63) is 30.1 Å². The fraction of sp³-hybridized carbons (Fsp3) is 0.533. The van der Waals surface area contributed by atoms with E-state index >= 15 is 0 Å². The third-order valence-corrected chi connectivity index (χ3v) is 2.99. The van der Waals surface area contributed by atoms with Crippen LogP contribution in [0.4, 0.5) is 4.39 Å². The summed E-state index contributed by atoms with van der Waals surface area (Å²) in [5.74, 6) is -0.447. The summed E-state index contributed by atoms with van der Waals surface area (Å²) < 4.78 is 18.6. The van der Waals surface area contributed by atoms with Crippen molar-refractivity contribution in [2.75, 3.05) is 13.2 Å². The highest BCUT2D eigenvalue weighted by atomic mass is 19.1. The minimum absolute atomic E-state index is 0.0732. The molecular formula is C15H22FNO3. The molecule has 4 nitrogen and oxygen atoms in total. The number of carbonyl (C=O) groups excluding carboxylic acids is 1. The van der Waals surface area contributed by atoms with E-state index in [0.717, 1.165) is 12.8 Å². The molecule has 1 rings (SSSR count). The SMILES string of the molecule is CC(CO)CCCNC(=O)C(C)Oc1ccccc1F. The maximum atomic E-state index is 13.4. The number of aliphatic hydroxyl groups excluding tert-OH is 1. The van der Waals surface area contributed by atoms with Crippen LogP contribution >= 0.6 is 0 Å². The van der Waals surface area contributed by atoms with Crippen LogP contribution in [0.5, 0.6) is 5.75 Å². The van der Waals surface area contributed by atoms with E-state index in [9.17, 15) is 9.18 Å². The van der Waals surface area contributed by atoms with Crippen molar-refractivity contribution < 1.29 is 19.0 Å².